The molecule has 0 radical (unpaired) electrons. The van der Waals surface area contributed by atoms with E-state index in [2.05, 4.69) is 5.32 Å². The standard InChI is InChI=1S/C15H18F3N3O/c1-22-13-8-11(2-3-12(13)9-19)4-6-21-7-5-20-10-14(21)15(16,17)18/h2-3,8,14,20H,4-7,10H2,1H3/t14-/m0/s1. The van der Waals surface area contributed by atoms with Crippen molar-refractivity contribution in [3.63, 3.8) is 0 Å². The lowest BCUT2D eigenvalue weighted by Crippen LogP contribution is -2.58. The molecule has 1 aliphatic heterocycles. The Labute approximate surface area is 127 Å². The monoisotopic (exact) mass is 313 g/mol. The topological polar surface area (TPSA) is 48.3 Å². The van der Waals surface area contributed by atoms with Gasteiger partial charge in [0.2, 0.25) is 0 Å². The molecular weight excluding hydrogens is 295 g/mol. The van der Waals surface area contributed by atoms with Gasteiger partial charge in [0.1, 0.15) is 17.9 Å². The Balaban J connectivity index is 2.04. The van der Waals surface area contributed by atoms with Crippen LogP contribution in [0.3, 0.4) is 0 Å². The van der Waals surface area contributed by atoms with Crippen molar-refractivity contribution in [2.24, 2.45) is 0 Å². The number of ether oxygens (including phenoxy) is 1. The van der Waals surface area contributed by atoms with E-state index >= 15 is 0 Å². The van der Waals surface area contributed by atoms with Crippen molar-refractivity contribution >= 4 is 0 Å². The molecule has 1 aromatic carbocycles. The molecule has 22 heavy (non-hydrogen) atoms. The van der Waals surface area contributed by atoms with Crippen LogP contribution in [0.4, 0.5) is 13.2 Å². The molecule has 1 fully saturated rings. The fourth-order valence-corrected chi connectivity index (χ4v) is 2.59. The van der Waals surface area contributed by atoms with E-state index in [0.29, 0.717) is 37.4 Å². The highest BCUT2D eigenvalue weighted by Crippen LogP contribution is 2.26. The van der Waals surface area contributed by atoms with Crippen LogP contribution in [0.25, 0.3) is 0 Å². The fraction of sp³-hybridized carbons (Fsp3) is 0.533. The average molecular weight is 313 g/mol. The van der Waals surface area contributed by atoms with E-state index in [9.17, 15) is 13.2 Å². The molecule has 1 aromatic rings. The lowest BCUT2D eigenvalue weighted by molar-refractivity contribution is -0.186. The Morgan fingerprint density at radius 1 is 1.45 bits per heavy atom. The lowest BCUT2D eigenvalue weighted by Gasteiger charge is -2.37. The zero-order valence-corrected chi connectivity index (χ0v) is 12.3. The first-order valence-corrected chi connectivity index (χ1v) is 7.04. The SMILES string of the molecule is COc1cc(CCN2CCNC[C@H]2C(F)(F)F)ccc1C#N. The smallest absolute Gasteiger partial charge is 0.405 e. The summed E-state index contributed by atoms with van der Waals surface area (Å²) in [5, 5.41) is 11.7. The van der Waals surface area contributed by atoms with Gasteiger partial charge in [-0.2, -0.15) is 18.4 Å². The van der Waals surface area contributed by atoms with Crippen molar-refractivity contribution in [2.75, 3.05) is 33.3 Å². The number of nitrogens with one attached hydrogen (secondary N) is 1. The summed E-state index contributed by atoms with van der Waals surface area (Å²) < 4.78 is 44.1. The van der Waals surface area contributed by atoms with Crippen LogP contribution in [0, 0.1) is 11.3 Å². The maximum Gasteiger partial charge on any atom is 0.405 e. The number of nitrogens with zero attached hydrogens (tertiary/aromatic N) is 2. The molecule has 0 amide bonds. The van der Waals surface area contributed by atoms with Crippen molar-refractivity contribution < 1.29 is 17.9 Å². The number of halogens is 3. The Hall–Kier alpha value is -1.78. The molecule has 1 aliphatic rings. The van der Waals surface area contributed by atoms with Crippen molar-refractivity contribution in [3.8, 4) is 11.8 Å². The minimum atomic E-state index is -4.23. The highest BCUT2D eigenvalue weighted by molar-refractivity contribution is 5.45. The van der Waals surface area contributed by atoms with Crippen LogP contribution in [0.1, 0.15) is 11.1 Å². The summed E-state index contributed by atoms with van der Waals surface area (Å²) in [5.41, 5.74) is 1.27. The van der Waals surface area contributed by atoms with Crippen molar-refractivity contribution in [2.45, 2.75) is 18.6 Å². The molecule has 120 valence electrons. The zero-order chi connectivity index (χ0) is 16.2. The molecule has 4 nitrogen and oxygen atoms in total. The molecular formula is C15H18F3N3O. The fourth-order valence-electron chi connectivity index (χ4n) is 2.59. The maximum atomic E-state index is 13.0. The van der Waals surface area contributed by atoms with Crippen molar-refractivity contribution in [1.82, 2.24) is 10.2 Å². The second-order valence-electron chi connectivity index (χ2n) is 5.19. The molecule has 2 rings (SSSR count). The van der Waals surface area contributed by atoms with Gasteiger partial charge in [-0.1, -0.05) is 6.07 Å². The van der Waals surface area contributed by atoms with E-state index in [4.69, 9.17) is 10.00 Å². The third-order valence-electron chi connectivity index (χ3n) is 3.81. The van der Waals surface area contributed by atoms with Crippen LogP contribution >= 0.6 is 0 Å². The second kappa shape index (κ2) is 6.99. The normalized spacial score (nSPS) is 19.7. The van der Waals surface area contributed by atoms with Gasteiger partial charge in [-0.25, -0.2) is 0 Å². The third-order valence-corrected chi connectivity index (χ3v) is 3.81. The van der Waals surface area contributed by atoms with Gasteiger partial charge >= 0.3 is 6.18 Å². The summed E-state index contributed by atoms with van der Waals surface area (Å²) in [6.07, 6.45) is -3.75. The minimum Gasteiger partial charge on any atom is -0.495 e. The van der Waals surface area contributed by atoms with E-state index in [1.807, 2.05) is 6.07 Å². The van der Waals surface area contributed by atoms with Gasteiger partial charge < -0.3 is 10.1 Å². The number of piperazine rings is 1. The largest absolute Gasteiger partial charge is 0.495 e. The average Bonchev–Trinajstić information content (AvgIpc) is 2.52. The number of nitriles is 1. The predicted octanol–water partition coefficient (Wildman–Crippen LogP) is 1.95. The molecule has 0 unspecified atom stereocenters. The molecule has 1 atom stereocenters. The molecule has 1 heterocycles. The van der Waals surface area contributed by atoms with Crippen LogP contribution in [-0.4, -0.2) is 50.4 Å². The van der Waals surface area contributed by atoms with Crippen molar-refractivity contribution in [1.29, 1.82) is 5.26 Å². The van der Waals surface area contributed by atoms with Crippen molar-refractivity contribution in [3.05, 3.63) is 29.3 Å². The Bertz CT molecular complexity index is 554. The van der Waals surface area contributed by atoms with Crippen LogP contribution in [0.2, 0.25) is 0 Å². The third kappa shape index (κ3) is 3.90. The zero-order valence-electron chi connectivity index (χ0n) is 12.3. The van der Waals surface area contributed by atoms with Gasteiger partial charge in [-0.3, -0.25) is 4.90 Å². The number of rotatable bonds is 4. The van der Waals surface area contributed by atoms with Crippen LogP contribution in [-0.2, 0) is 6.42 Å². The van der Waals surface area contributed by atoms with Gasteiger partial charge in [-0.15, -0.1) is 0 Å². The van der Waals surface area contributed by atoms with Gasteiger partial charge in [-0.05, 0) is 24.1 Å². The highest BCUT2D eigenvalue weighted by atomic mass is 19.4. The molecule has 0 spiro atoms. The Morgan fingerprint density at radius 3 is 2.86 bits per heavy atom. The highest BCUT2D eigenvalue weighted by Gasteiger charge is 2.44. The molecule has 1 saturated heterocycles. The molecule has 0 bridgehead atoms. The summed E-state index contributed by atoms with van der Waals surface area (Å²) in [6.45, 7) is 1.18. The number of hydrogen-bond acceptors (Lipinski definition) is 4. The van der Waals surface area contributed by atoms with E-state index < -0.39 is 12.2 Å². The van der Waals surface area contributed by atoms with Gasteiger partial charge in [0.15, 0.2) is 0 Å². The maximum absolute atomic E-state index is 13.0. The van der Waals surface area contributed by atoms with Crippen LogP contribution in [0.15, 0.2) is 18.2 Å². The number of alkyl halides is 3. The molecule has 7 heteroatoms. The predicted molar refractivity (Wildman–Crippen MR) is 75.7 cm³/mol. The summed E-state index contributed by atoms with van der Waals surface area (Å²) in [7, 11) is 1.47. The second-order valence-corrected chi connectivity index (χ2v) is 5.19. The van der Waals surface area contributed by atoms with E-state index in [1.165, 1.54) is 12.0 Å². The summed E-state index contributed by atoms with van der Waals surface area (Å²) in [4.78, 5) is 1.46. The van der Waals surface area contributed by atoms with Crippen LogP contribution < -0.4 is 10.1 Å². The Morgan fingerprint density at radius 2 is 2.23 bits per heavy atom. The first kappa shape index (κ1) is 16.6. The number of methoxy groups -OCH3 is 1. The van der Waals surface area contributed by atoms with E-state index in [1.54, 1.807) is 18.2 Å². The first-order chi connectivity index (χ1) is 10.5. The first-order valence-electron chi connectivity index (χ1n) is 7.04. The van der Waals surface area contributed by atoms with Crippen LogP contribution in [0.5, 0.6) is 5.75 Å². The lowest BCUT2D eigenvalue weighted by atomic mass is 10.1. The quantitative estimate of drug-likeness (QED) is 0.923. The number of benzene rings is 1. The minimum absolute atomic E-state index is 0.0693. The van der Waals surface area contributed by atoms with E-state index in [0.717, 1.165) is 5.56 Å². The Kier molecular flexibility index (Phi) is 5.27. The molecule has 1 N–H and O–H groups in total. The molecule has 0 aromatic heterocycles. The summed E-state index contributed by atoms with van der Waals surface area (Å²) >= 11 is 0. The van der Waals surface area contributed by atoms with Gasteiger partial charge in [0.05, 0.1) is 12.7 Å². The summed E-state index contributed by atoms with van der Waals surface area (Å²) in [5.74, 6) is 0.452. The molecule has 0 saturated carbocycles. The van der Waals surface area contributed by atoms with Gasteiger partial charge in [0.25, 0.3) is 0 Å². The summed E-state index contributed by atoms with van der Waals surface area (Å²) in [6, 6.07) is 5.67. The van der Waals surface area contributed by atoms with E-state index in [-0.39, 0.29) is 6.54 Å². The molecule has 0 aliphatic carbocycles. The number of hydrogen-bond donors (Lipinski definition) is 1. The van der Waals surface area contributed by atoms with Gasteiger partial charge in [0, 0.05) is 26.2 Å².